The van der Waals surface area contributed by atoms with Crippen LogP contribution in [0.5, 0.6) is 0 Å². The zero-order valence-electron chi connectivity index (χ0n) is 22.2. The molecule has 1 aliphatic carbocycles. The molecule has 4 aromatic heterocycles. The second-order valence-electron chi connectivity index (χ2n) is 10.4. The van der Waals surface area contributed by atoms with Gasteiger partial charge in [0.05, 0.1) is 6.10 Å². The van der Waals surface area contributed by atoms with Gasteiger partial charge in [-0.3, -0.25) is 14.9 Å². The van der Waals surface area contributed by atoms with E-state index in [0.717, 1.165) is 37.3 Å². The molecule has 4 N–H and O–H groups in total. The fraction of sp³-hybridized carbons (Fsp3) is 0.423. The number of anilines is 6. The lowest BCUT2D eigenvalue weighted by atomic mass is 10.2. The van der Waals surface area contributed by atoms with E-state index in [1.807, 2.05) is 18.2 Å². The number of piperazine rings is 1. The first-order valence-corrected chi connectivity index (χ1v) is 14.6. The van der Waals surface area contributed by atoms with E-state index in [-0.39, 0.29) is 18.9 Å². The van der Waals surface area contributed by atoms with Gasteiger partial charge in [0.1, 0.15) is 6.04 Å². The minimum atomic E-state index is -0.699. The van der Waals surface area contributed by atoms with Crippen molar-refractivity contribution in [1.29, 1.82) is 0 Å². The number of pyridine rings is 1. The summed E-state index contributed by atoms with van der Waals surface area (Å²) in [5.74, 6) is 2.05. The molecule has 3 aliphatic rings. The second kappa shape index (κ2) is 10.9. The molecule has 212 valence electrons. The number of carbonyl (C=O) groups is 1. The monoisotopic (exact) mass is 574 g/mol. The molecule has 0 unspecified atom stereocenters. The van der Waals surface area contributed by atoms with Gasteiger partial charge in [-0.1, -0.05) is 0 Å². The Hall–Kier alpha value is -4.37. The van der Waals surface area contributed by atoms with Crippen LogP contribution in [0.15, 0.2) is 42.2 Å². The summed E-state index contributed by atoms with van der Waals surface area (Å²) in [6.45, 7) is 3.22. The highest BCUT2D eigenvalue weighted by Crippen LogP contribution is 2.39. The van der Waals surface area contributed by atoms with E-state index in [4.69, 9.17) is 15.0 Å². The average molecular weight is 575 g/mol. The Labute approximate surface area is 239 Å². The fourth-order valence-electron chi connectivity index (χ4n) is 5.28. The van der Waals surface area contributed by atoms with Crippen LogP contribution in [0, 0.1) is 0 Å². The van der Waals surface area contributed by atoms with Crippen molar-refractivity contribution < 1.29 is 9.90 Å². The number of hydrogen-bond donors (Lipinski definition) is 4. The summed E-state index contributed by atoms with van der Waals surface area (Å²) < 4.78 is 0. The lowest BCUT2D eigenvalue weighted by Crippen LogP contribution is -2.47. The Balaban J connectivity index is 1.16. The van der Waals surface area contributed by atoms with E-state index in [2.05, 4.69) is 40.6 Å². The van der Waals surface area contributed by atoms with Gasteiger partial charge in [-0.05, 0) is 25.0 Å². The first kappa shape index (κ1) is 25.6. The standard InChI is InChI=1S/C26H30N12O2S/c39-18-13-20(22(40)30-26-28-7-12-41-26)38(15-18)25-32-23(29-21-14-19(34-35-21)16-1-2-16)31-24(33-25)37-10-8-36(9-11-37)17-3-5-27-6-4-17/h3-7,12,14,16,18,20,39H,1-2,8-11,13,15H2,(H,28,30,40)(H2,29,31,32,33,34,35)/t18-,20-/m0/s1. The number of rotatable bonds is 8. The van der Waals surface area contributed by atoms with Gasteiger partial charge in [0.15, 0.2) is 10.9 Å². The van der Waals surface area contributed by atoms with Crippen LogP contribution in [0.4, 0.5) is 34.5 Å². The molecule has 7 rings (SSSR count). The number of aliphatic hydroxyl groups is 1. The molecule has 15 heteroatoms. The molecule has 3 fully saturated rings. The quantitative estimate of drug-likeness (QED) is 0.242. The summed E-state index contributed by atoms with van der Waals surface area (Å²) in [6.07, 6.45) is 7.12. The number of aromatic amines is 1. The number of nitrogens with one attached hydrogen (secondary N) is 3. The molecule has 0 radical (unpaired) electrons. The summed E-state index contributed by atoms with van der Waals surface area (Å²) in [4.78, 5) is 41.9. The topological polar surface area (TPSA) is 164 Å². The normalized spacial score (nSPS) is 20.9. The highest BCUT2D eigenvalue weighted by atomic mass is 32.1. The van der Waals surface area contributed by atoms with Crippen LogP contribution >= 0.6 is 11.3 Å². The lowest BCUT2D eigenvalue weighted by molar-refractivity contribution is -0.117. The van der Waals surface area contributed by atoms with Crippen molar-refractivity contribution in [2.24, 2.45) is 0 Å². The Bertz CT molecular complexity index is 1490. The Morgan fingerprint density at radius 3 is 2.56 bits per heavy atom. The van der Waals surface area contributed by atoms with Gasteiger partial charge >= 0.3 is 0 Å². The Kier molecular flexibility index (Phi) is 6.80. The maximum absolute atomic E-state index is 13.2. The van der Waals surface area contributed by atoms with Crippen molar-refractivity contribution >= 4 is 51.7 Å². The number of nitrogens with zero attached hydrogens (tertiary/aromatic N) is 9. The molecule has 2 aliphatic heterocycles. The van der Waals surface area contributed by atoms with Crippen LogP contribution < -0.4 is 25.3 Å². The molecule has 2 saturated heterocycles. The van der Waals surface area contributed by atoms with Crippen LogP contribution in [0.2, 0.25) is 0 Å². The molecule has 1 saturated carbocycles. The molecule has 1 amide bonds. The lowest BCUT2D eigenvalue weighted by Gasteiger charge is -2.36. The number of aromatic nitrogens is 7. The molecular weight excluding hydrogens is 544 g/mol. The summed E-state index contributed by atoms with van der Waals surface area (Å²) in [5.41, 5.74) is 2.22. The number of H-pyrrole nitrogens is 1. The number of thiazole rings is 1. The van der Waals surface area contributed by atoms with Crippen molar-refractivity contribution in [2.75, 3.05) is 58.1 Å². The number of β-amino-alcohol motifs (C(OH)–C–C–N with tert-alkyl or cyclic N) is 1. The predicted octanol–water partition coefficient (Wildman–Crippen LogP) is 1.97. The summed E-state index contributed by atoms with van der Waals surface area (Å²) in [5, 5.41) is 26.5. The third kappa shape index (κ3) is 5.63. The maximum atomic E-state index is 13.2. The zero-order valence-corrected chi connectivity index (χ0v) is 23.0. The Morgan fingerprint density at radius 1 is 1.02 bits per heavy atom. The van der Waals surface area contributed by atoms with Gasteiger partial charge in [-0.25, -0.2) is 4.98 Å². The highest BCUT2D eigenvalue weighted by molar-refractivity contribution is 7.13. The third-order valence-electron chi connectivity index (χ3n) is 7.56. The molecule has 4 aromatic rings. The second-order valence-corrected chi connectivity index (χ2v) is 11.3. The summed E-state index contributed by atoms with van der Waals surface area (Å²) in [6, 6.07) is 5.34. The number of carbonyl (C=O) groups excluding carboxylic acids is 1. The van der Waals surface area contributed by atoms with E-state index in [1.54, 1.807) is 28.9 Å². The minimum absolute atomic E-state index is 0.225. The highest BCUT2D eigenvalue weighted by Gasteiger charge is 2.39. The summed E-state index contributed by atoms with van der Waals surface area (Å²) >= 11 is 1.34. The average Bonchev–Trinajstić information content (AvgIpc) is 3.33. The third-order valence-corrected chi connectivity index (χ3v) is 8.25. The van der Waals surface area contributed by atoms with Crippen molar-refractivity contribution in [3.05, 3.63) is 47.9 Å². The molecular formula is C26H30N12O2S. The van der Waals surface area contributed by atoms with Crippen LogP contribution in [0.3, 0.4) is 0 Å². The minimum Gasteiger partial charge on any atom is -0.391 e. The van der Waals surface area contributed by atoms with Crippen molar-refractivity contribution in [3.63, 3.8) is 0 Å². The smallest absolute Gasteiger partial charge is 0.249 e. The van der Waals surface area contributed by atoms with Crippen LogP contribution in [-0.4, -0.2) is 91.0 Å². The maximum Gasteiger partial charge on any atom is 0.249 e. The first-order valence-electron chi connectivity index (χ1n) is 13.7. The van der Waals surface area contributed by atoms with Gasteiger partial charge in [-0.15, -0.1) is 11.3 Å². The molecule has 6 heterocycles. The van der Waals surface area contributed by atoms with E-state index < -0.39 is 12.1 Å². The van der Waals surface area contributed by atoms with Gasteiger partial charge in [0.2, 0.25) is 23.8 Å². The number of amides is 1. The fourth-order valence-corrected chi connectivity index (χ4v) is 5.81. The van der Waals surface area contributed by atoms with Gasteiger partial charge < -0.3 is 30.4 Å². The SMILES string of the molecule is O=C(Nc1nccs1)[C@@H]1C[C@H](O)CN1c1nc(Nc2cc(C3CC3)[nH]n2)nc(N2CCN(c3ccncc3)CC2)n1. The molecule has 14 nitrogen and oxygen atoms in total. The predicted molar refractivity (Wildman–Crippen MR) is 155 cm³/mol. The van der Waals surface area contributed by atoms with E-state index in [0.29, 0.717) is 47.8 Å². The van der Waals surface area contributed by atoms with E-state index >= 15 is 0 Å². The van der Waals surface area contributed by atoms with Gasteiger partial charge in [0, 0.05) is 86.5 Å². The zero-order chi connectivity index (χ0) is 27.8. The molecule has 2 atom stereocenters. The van der Waals surface area contributed by atoms with Crippen LogP contribution in [0.25, 0.3) is 0 Å². The van der Waals surface area contributed by atoms with Crippen LogP contribution in [0.1, 0.15) is 30.9 Å². The molecule has 0 bridgehead atoms. The first-order chi connectivity index (χ1) is 20.1. The number of aliphatic hydroxyl groups excluding tert-OH is 1. The van der Waals surface area contributed by atoms with Crippen molar-refractivity contribution in [3.8, 4) is 0 Å². The largest absolute Gasteiger partial charge is 0.391 e. The van der Waals surface area contributed by atoms with Crippen molar-refractivity contribution in [2.45, 2.75) is 37.3 Å². The summed E-state index contributed by atoms with van der Waals surface area (Å²) in [7, 11) is 0. The molecule has 0 aromatic carbocycles. The molecule has 41 heavy (non-hydrogen) atoms. The molecule has 0 spiro atoms. The van der Waals surface area contributed by atoms with Crippen LogP contribution in [-0.2, 0) is 4.79 Å². The van der Waals surface area contributed by atoms with Gasteiger partial charge in [-0.2, -0.15) is 20.1 Å². The van der Waals surface area contributed by atoms with Crippen molar-refractivity contribution in [1.82, 2.24) is 35.1 Å². The number of hydrogen-bond acceptors (Lipinski definition) is 13. The van der Waals surface area contributed by atoms with E-state index in [9.17, 15) is 9.90 Å². The Morgan fingerprint density at radius 2 is 1.80 bits per heavy atom. The van der Waals surface area contributed by atoms with E-state index in [1.165, 1.54) is 11.3 Å². The van der Waals surface area contributed by atoms with Gasteiger partial charge in [0.25, 0.3) is 0 Å².